The third-order valence-corrected chi connectivity index (χ3v) is 4.17. The van der Waals surface area contributed by atoms with Gasteiger partial charge in [0, 0.05) is 24.0 Å². The van der Waals surface area contributed by atoms with Crippen LogP contribution in [0.1, 0.15) is 45.6 Å². The third-order valence-electron chi connectivity index (χ3n) is 4.17. The molecule has 1 heterocycles. The summed E-state index contributed by atoms with van der Waals surface area (Å²) in [6.07, 6.45) is 3.56. The summed E-state index contributed by atoms with van der Waals surface area (Å²) >= 11 is 0. The Kier molecular flexibility index (Phi) is 3.85. The summed E-state index contributed by atoms with van der Waals surface area (Å²) in [5, 5.41) is 4.80. The molecule has 1 aliphatic rings. The van der Waals surface area contributed by atoms with Gasteiger partial charge in [-0.2, -0.15) is 0 Å². The van der Waals surface area contributed by atoms with Crippen molar-refractivity contribution in [3.8, 4) is 5.88 Å². The quantitative estimate of drug-likeness (QED) is 0.868. The van der Waals surface area contributed by atoms with E-state index in [4.69, 9.17) is 4.74 Å². The highest BCUT2D eigenvalue weighted by atomic mass is 16.5. The molecule has 1 saturated carbocycles. The second-order valence-electron chi connectivity index (χ2n) is 6.51. The molecular weight excluding hydrogens is 260 g/mol. The first-order chi connectivity index (χ1) is 10.1. The monoisotopic (exact) mass is 284 g/mol. The molecule has 1 N–H and O–H groups in total. The van der Waals surface area contributed by atoms with Gasteiger partial charge in [0.05, 0.1) is 5.52 Å². The summed E-state index contributed by atoms with van der Waals surface area (Å²) < 4.78 is 6.08. The van der Waals surface area contributed by atoms with Crippen LogP contribution < -0.4 is 10.1 Å². The summed E-state index contributed by atoms with van der Waals surface area (Å²) in [7, 11) is 0. The molecule has 0 aliphatic heterocycles. The maximum absolute atomic E-state index is 6.08. The number of fused-ring (bicyclic) bond motifs is 1. The molecule has 3 nitrogen and oxygen atoms in total. The van der Waals surface area contributed by atoms with E-state index in [0.29, 0.717) is 6.04 Å². The molecule has 0 spiro atoms. The van der Waals surface area contributed by atoms with Gasteiger partial charge in [0.2, 0.25) is 5.88 Å². The lowest BCUT2D eigenvalue weighted by atomic mass is 10.1. The number of hydrogen-bond donors (Lipinski definition) is 1. The van der Waals surface area contributed by atoms with Crippen LogP contribution in [0.15, 0.2) is 30.3 Å². The Morgan fingerprint density at radius 1 is 1.29 bits per heavy atom. The molecule has 0 amide bonds. The minimum atomic E-state index is -0.184. The van der Waals surface area contributed by atoms with E-state index in [-0.39, 0.29) is 5.60 Å². The molecule has 0 saturated heterocycles. The molecule has 21 heavy (non-hydrogen) atoms. The molecule has 1 aromatic heterocycles. The van der Waals surface area contributed by atoms with Crippen molar-refractivity contribution in [1.82, 2.24) is 10.3 Å². The van der Waals surface area contributed by atoms with Gasteiger partial charge in [0.15, 0.2) is 0 Å². The van der Waals surface area contributed by atoms with Gasteiger partial charge in [0.25, 0.3) is 0 Å². The summed E-state index contributed by atoms with van der Waals surface area (Å²) in [5.74, 6) is 0.730. The van der Waals surface area contributed by atoms with Crippen LogP contribution in [0.25, 0.3) is 10.9 Å². The Hall–Kier alpha value is -1.61. The van der Waals surface area contributed by atoms with Crippen LogP contribution in [0.5, 0.6) is 5.88 Å². The molecule has 3 heteroatoms. The smallest absolute Gasteiger partial charge is 0.214 e. The van der Waals surface area contributed by atoms with Gasteiger partial charge in [-0.05, 0) is 44.7 Å². The van der Waals surface area contributed by atoms with E-state index in [1.807, 2.05) is 6.07 Å². The molecular formula is C18H24N2O. The molecule has 112 valence electrons. The number of hydrogen-bond acceptors (Lipinski definition) is 3. The van der Waals surface area contributed by atoms with Crippen molar-refractivity contribution < 1.29 is 4.74 Å². The maximum Gasteiger partial charge on any atom is 0.214 e. The Balaban J connectivity index is 1.93. The fraction of sp³-hybridized carbons (Fsp3) is 0.500. The van der Waals surface area contributed by atoms with Crippen LogP contribution in [0.3, 0.4) is 0 Å². The lowest BCUT2D eigenvalue weighted by Gasteiger charge is -2.24. The Morgan fingerprint density at radius 3 is 2.76 bits per heavy atom. The van der Waals surface area contributed by atoms with E-state index in [1.165, 1.54) is 23.8 Å². The zero-order chi connectivity index (χ0) is 14.9. The van der Waals surface area contributed by atoms with Gasteiger partial charge >= 0.3 is 0 Å². The van der Waals surface area contributed by atoms with Crippen LogP contribution in [-0.4, -0.2) is 16.6 Å². The van der Waals surface area contributed by atoms with Crippen LogP contribution in [0.2, 0.25) is 0 Å². The lowest BCUT2D eigenvalue weighted by Crippen LogP contribution is -2.27. The van der Waals surface area contributed by atoms with E-state index in [0.717, 1.165) is 24.4 Å². The van der Waals surface area contributed by atoms with Gasteiger partial charge in [-0.1, -0.05) is 25.1 Å². The minimum Gasteiger partial charge on any atom is -0.472 e. The first kappa shape index (κ1) is 14.3. The van der Waals surface area contributed by atoms with Gasteiger partial charge in [0.1, 0.15) is 5.60 Å². The lowest BCUT2D eigenvalue weighted by molar-refractivity contribution is 0.0994. The highest BCUT2D eigenvalue weighted by Crippen LogP contribution is 2.27. The minimum absolute atomic E-state index is 0.184. The standard InChI is InChI=1S/C18H24N2O/c1-4-18(2,3)21-17-11-13(12-19-14-9-10-14)15-7-5-6-8-16(15)20-17/h5-8,11,14,19H,4,9-10,12H2,1-3H3. The summed E-state index contributed by atoms with van der Waals surface area (Å²) in [6.45, 7) is 7.23. The summed E-state index contributed by atoms with van der Waals surface area (Å²) in [5.41, 5.74) is 2.10. The highest BCUT2D eigenvalue weighted by Gasteiger charge is 2.21. The van der Waals surface area contributed by atoms with Gasteiger partial charge in [-0.25, -0.2) is 4.98 Å². The van der Waals surface area contributed by atoms with Gasteiger partial charge in [-0.3, -0.25) is 0 Å². The Morgan fingerprint density at radius 2 is 2.05 bits per heavy atom. The van der Waals surface area contributed by atoms with Crippen LogP contribution in [-0.2, 0) is 6.54 Å². The maximum atomic E-state index is 6.08. The van der Waals surface area contributed by atoms with E-state index in [9.17, 15) is 0 Å². The average molecular weight is 284 g/mol. The number of nitrogens with zero attached hydrogens (tertiary/aromatic N) is 1. The zero-order valence-electron chi connectivity index (χ0n) is 13.1. The second kappa shape index (κ2) is 5.64. The predicted octanol–water partition coefficient (Wildman–Crippen LogP) is 4.05. The zero-order valence-corrected chi connectivity index (χ0v) is 13.1. The number of aromatic nitrogens is 1. The summed E-state index contributed by atoms with van der Waals surface area (Å²) in [6, 6.07) is 11.1. The summed E-state index contributed by atoms with van der Waals surface area (Å²) in [4.78, 5) is 4.66. The fourth-order valence-electron chi connectivity index (χ4n) is 2.32. The Labute approximate surface area is 126 Å². The van der Waals surface area contributed by atoms with E-state index >= 15 is 0 Å². The van der Waals surface area contributed by atoms with Crippen LogP contribution >= 0.6 is 0 Å². The number of para-hydroxylation sites is 1. The molecule has 0 radical (unpaired) electrons. The molecule has 1 aliphatic carbocycles. The van der Waals surface area contributed by atoms with Crippen molar-refractivity contribution >= 4 is 10.9 Å². The topological polar surface area (TPSA) is 34.1 Å². The van der Waals surface area contributed by atoms with E-state index in [1.54, 1.807) is 0 Å². The Bertz CT molecular complexity index is 632. The molecule has 1 aromatic carbocycles. The number of pyridine rings is 1. The average Bonchev–Trinajstić information content (AvgIpc) is 3.28. The van der Waals surface area contributed by atoms with Crippen molar-refractivity contribution in [2.75, 3.05) is 0 Å². The number of benzene rings is 1. The van der Waals surface area contributed by atoms with Gasteiger partial charge in [-0.15, -0.1) is 0 Å². The number of rotatable bonds is 6. The highest BCUT2D eigenvalue weighted by molar-refractivity contribution is 5.82. The largest absolute Gasteiger partial charge is 0.472 e. The first-order valence-electron chi connectivity index (χ1n) is 7.88. The number of ether oxygens (including phenoxy) is 1. The van der Waals surface area contributed by atoms with E-state index < -0.39 is 0 Å². The molecule has 2 aromatic rings. The third kappa shape index (κ3) is 3.53. The van der Waals surface area contributed by atoms with Crippen molar-refractivity contribution in [2.24, 2.45) is 0 Å². The number of nitrogens with one attached hydrogen (secondary N) is 1. The molecule has 0 atom stereocenters. The normalized spacial score (nSPS) is 15.4. The van der Waals surface area contributed by atoms with Crippen molar-refractivity contribution in [3.63, 3.8) is 0 Å². The van der Waals surface area contributed by atoms with E-state index in [2.05, 4.69) is 55.3 Å². The van der Waals surface area contributed by atoms with Crippen molar-refractivity contribution in [2.45, 2.75) is 58.2 Å². The first-order valence-corrected chi connectivity index (χ1v) is 7.88. The molecule has 0 bridgehead atoms. The second-order valence-corrected chi connectivity index (χ2v) is 6.51. The molecule has 3 rings (SSSR count). The molecule has 1 fully saturated rings. The predicted molar refractivity (Wildman–Crippen MR) is 86.6 cm³/mol. The van der Waals surface area contributed by atoms with Crippen molar-refractivity contribution in [3.05, 3.63) is 35.9 Å². The van der Waals surface area contributed by atoms with Gasteiger partial charge < -0.3 is 10.1 Å². The van der Waals surface area contributed by atoms with Crippen molar-refractivity contribution in [1.29, 1.82) is 0 Å². The van der Waals surface area contributed by atoms with Crippen LogP contribution in [0, 0.1) is 0 Å². The SMILES string of the molecule is CCC(C)(C)Oc1cc(CNC2CC2)c2ccccc2n1. The fourth-order valence-corrected chi connectivity index (χ4v) is 2.32. The molecule has 0 unspecified atom stereocenters. The van der Waals surface area contributed by atoms with Crippen LogP contribution in [0.4, 0.5) is 0 Å².